The predicted molar refractivity (Wildman–Crippen MR) is 94.2 cm³/mol. The fraction of sp³-hybridized carbons (Fsp3) is 0.143. The van der Waals surface area contributed by atoms with Crippen LogP contribution < -0.4 is 0 Å². The Hall–Kier alpha value is -3.01. The van der Waals surface area contributed by atoms with Crippen LogP contribution in [-0.4, -0.2) is 7.11 Å². The second-order valence-corrected chi connectivity index (χ2v) is 5.21. The van der Waals surface area contributed by atoms with Gasteiger partial charge in [0.15, 0.2) is 5.76 Å². The van der Waals surface area contributed by atoms with Crippen LogP contribution in [0.25, 0.3) is 5.57 Å². The molecule has 2 rings (SSSR count). The van der Waals surface area contributed by atoms with Gasteiger partial charge in [-0.15, -0.1) is 0 Å². The predicted octanol–water partition coefficient (Wildman–Crippen LogP) is 4.97. The first-order valence-corrected chi connectivity index (χ1v) is 7.42. The number of methoxy groups -OCH3 is 1. The number of nitrogens with zero attached hydrogens (tertiary/aromatic N) is 1. The summed E-state index contributed by atoms with van der Waals surface area (Å²) in [5.74, 6) is 0.857. The highest BCUT2D eigenvalue weighted by Crippen LogP contribution is 2.26. The van der Waals surface area contributed by atoms with Gasteiger partial charge in [-0.25, -0.2) is 0 Å². The van der Waals surface area contributed by atoms with Crippen molar-refractivity contribution in [3.05, 3.63) is 95.5 Å². The van der Waals surface area contributed by atoms with E-state index in [0.717, 1.165) is 16.7 Å². The van der Waals surface area contributed by atoms with Crippen LogP contribution in [0.1, 0.15) is 12.5 Å². The van der Waals surface area contributed by atoms with Gasteiger partial charge in [-0.3, -0.25) is 0 Å². The maximum atomic E-state index is 9.06. The molecule has 1 unspecified atom stereocenters. The summed E-state index contributed by atoms with van der Waals surface area (Å²) in [4.78, 5) is 0. The molecule has 0 saturated carbocycles. The van der Waals surface area contributed by atoms with Crippen LogP contribution in [0.15, 0.2) is 89.9 Å². The fourth-order valence-corrected chi connectivity index (χ4v) is 2.26. The molecule has 23 heavy (non-hydrogen) atoms. The van der Waals surface area contributed by atoms with E-state index in [0.29, 0.717) is 11.3 Å². The SMILES string of the molecule is C=C(C#N)/C=C(\C(=C=C1C=CC=CC1C)OC)c1ccccc1. The van der Waals surface area contributed by atoms with E-state index in [1.165, 1.54) is 0 Å². The Bertz CT molecular complexity index is 779. The summed E-state index contributed by atoms with van der Waals surface area (Å²) in [6.07, 6.45) is 9.86. The van der Waals surface area contributed by atoms with E-state index < -0.39 is 0 Å². The largest absolute Gasteiger partial charge is 0.489 e. The highest BCUT2D eigenvalue weighted by atomic mass is 16.5. The zero-order valence-electron chi connectivity index (χ0n) is 13.4. The summed E-state index contributed by atoms with van der Waals surface area (Å²) in [5.41, 5.74) is 6.50. The van der Waals surface area contributed by atoms with Crippen molar-refractivity contribution in [3.63, 3.8) is 0 Å². The molecule has 1 aliphatic rings. The number of benzene rings is 1. The Morgan fingerprint density at radius 2 is 2.00 bits per heavy atom. The molecule has 0 aromatic heterocycles. The van der Waals surface area contributed by atoms with Crippen molar-refractivity contribution in [2.24, 2.45) is 5.92 Å². The third kappa shape index (κ3) is 4.23. The van der Waals surface area contributed by atoms with Crippen LogP contribution in [0.5, 0.6) is 0 Å². The zero-order valence-corrected chi connectivity index (χ0v) is 13.4. The molecule has 114 valence electrons. The molecule has 0 saturated heterocycles. The lowest BCUT2D eigenvalue weighted by molar-refractivity contribution is 0.311. The second kappa shape index (κ2) is 7.84. The van der Waals surface area contributed by atoms with Crippen molar-refractivity contribution < 1.29 is 4.74 Å². The number of ether oxygens (including phenoxy) is 1. The minimum absolute atomic E-state index is 0.265. The van der Waals surface area contributed by atoms with Crippen LogP contribution in [0.4, 0.5) is 0 Å². The van der Waals surface area contributed by atoms with Crippen molar-refractivity contribution in [2.75, 3.05) is 7.11 Å². The summed E-state index contributed by atoms with van der Waals surface area (Å²) in [5, 5.41) is 9.06. The van der Waals surface area contributed by atoms with Gasteiger partial charge in [0.2, 0.25) is 0 Å². The van der Waals surface area contributed by atoms with E-state index in [-0.39, 0.29) is 5.92 Å². The Morgan fingerprint density at radius 1 is 1.26 bits per heavy atom. The minimum Gasteiger partial charge on any atom is -0.489 e. The Labute approximate surface area is 137 Å². The van der Waals surface area contributed by atoms with Crippen molar-refractivity contribution >= 4 is 5.57 Å². The molecular weight excluding hydrogens is 282 g/mol. The van der Waals surface area contributed by atoms with Crippen LogP contribution in [0.3, 0.4) is 0 Å². The molecule has 0 radical (unpaired) electrons. The van der Waals surface area contributed by atoms with E-state index in [1.807, 2.05) is 48.6 Å². The third-order valence-electron chi connectivity index (χ3n) is 3.53. The van der Waals surface area contributed by atoms with Gasteiger partial charge in [0, 0.05) is 22.6 Å². The lowest BCUT2D eigenvalue weighted by atomic mass is 9.95. The highest BCUT2D eigenvalue weighted by molar-refractivity contribution is 5.79. The van der Waals surface area contributed by atoms with Crippen LogP contribution >= 0.6 is 0 Å². The van der Waals surface area contributed by atoms with E-state index in [9.17, 15) is 0 Å². The van der Waals surface area contributed by atoms with E-state index in [1.54, 1.807) is 13.2 Å². The first-order chi connectivity index (χ1) is 11.2. The molecular formula is C21H19NO. The van der Waals surface area contributed by atoms with Gasteiger partial charge in [0.05, 0.1) is 13.2 Å². The Balaban J connectivity index is 2.62. The molecule has 2 nitrogen and oxygen atoms in total. The Kier molecular flexibility index (Phi) is 5.58. The molecule has 0 spiro atoms. The molecule has 0 amide bonds. The van der Waals surface area contributed by atoms with Gasteiger partial charge >= 0.3 is 0 Å². The van der Waals surface area contributed by atoms with Crippen molar-refractivity contribution in [1.29, 1.82) is 5.26 Å². The van der Waals surface area contributed by atoms with Gasteiger partial charge in [-0.1, -0.05) is 73.9 Å². The maximum Gasteiger partial charge on any atom is 0.170 e. The molecule has 2 heteroatoms. The number of allylic oxidation sites excluding steroid dienone is 7. The normalized spacial score (nSPS) is 16.5. The lowest BCUT2D eigenvalue weighted by Gasteiger charge is -2.12. The molecule has 1 aliphatic carbocycles. The molecule has 0 heterocycles. The third-order valence-corrected chi connectivity index (χ3v) is 3.53. The first kappa shape index (κ1) is 16.4. The summed E-state index contributed by atoms with van der Waals surface area (Å²) in [6.45, 7) is 5.86. The first-order valence-electron chi connectivity index (χ1n) is 7.42. The number of rotatable bonds is 4. The smallest absolute Gasteiger partial charge is 0.170 e. The van der Waals surface area contributed by atoms with E-state index >= 15 is 0 Å². The highest BCUT2D eigenvalue weighted by Gasteiger charge is 2.11. The molecule has 0 bridgehead atoms. The van der Waals surface area contributed by atoms with E-state index in [4.69, 9.17) is 10.00 Å². The summed E-state index contributed by atoms with van der Waals surface area (Å²) in [7, 11) is 1.61. The average Bonchev–Trinajstić information content (AvgIpc) is 2.60. The summed E-state index contributed by atoms with van der Waals surface area (Å²) < 4.78 is 5.57. The quantitative estimate of drug-likeness (QED) is 0.340. The molecule has 0 aliphatic heterocycles. The van der Waals surface area contributed by atoms with Gasteiger partial charge in [0.25, 0.3) is 0 Å². The molecule has 1 aromatic carbocycles. The standard InChI is InChI=1S/C21H19NO/c1-16(15-22)13-20(18-10-5-4-6-11-18)21(23-3)14-19-12-8-7-9-17(19)2/h4-13,17H,1H2,2-3H3/b20-13-. The van der Waals surface area contributed by atoms with Gasteiger partial charge in [-0.05, 0) is 11.6 Å². The second-order valence-electron chi connectivity index (χ2n) is 5.21. The van der Waals surface area contributed by atoms with Crippen molar-refractivity contribution in [2.45, 2.75) is 6.92 Å². The monoisotopic (exact) mass is 301 g/mol. The van der Waals surface area contributed by atoms with E-state index in [2.05, 4.69) is 31.4 Å². The van der Waals surface area contributed by atoms with Gasteiger partial charge in [0.1, 0.15) is 0 Å². The number of hydrogen-bond acceptors (Lipinski definition) is 2. The maximum absolute atomic E-state index is 9.06. The van der Waals surface area contributed by atoms with Crippen LogP contribution in [0.2, 0.25) is 0 Å². The average molecular weight is 301 g/mol. The number of hydrogen-bond donors (Lipinski definition) is 0. The number of nitriles is 1. The molecule has 1 atom stereocenters. The summed E-state index contributed by atoms with van der Waals surface area (Å²) >= 11 is 0. The summed E-state index contributed by atoms with van der Waals surface area (Å²) in [6, 6.07) is 11.9. The fourth-order valence-electron chi connectivity index (χ4n) is 2.26. The molecule has 1 aromatic rings. The van der Waals surface area contributed by atoms with Gasteiger partial charge < -0.3 is 4.74 Å². The van der Waals surface area contributed by atoms with Crippen molar-refractivity contribution in [1.82, 2.24) is 0 Å². The molecule has 0 N–H and O–H groups in total. The lowest BCUT2D eigenvalue weighted by Crippen LogP contribution is -1.97. The minimum atomic E-state index is 0.265. The van der Waals surface area contributed by atoms with Crippen molar-refractivity contribution in [3.8, 4) is 6.07 Å². The topological polar surface area (TPSA) is 33.0 Å². The van der Waals surface area contributed by atoms with Gasteiger partial charge in [-0.2, -0.15) is 5.26 Å². The Morgan fingerprint density at radius 3 is 2.61 bits per heavy atom. The zero-order chi connectivity index (χ0) is 16.7. The van der Waals surface area contributed by atoms with Crippen LogP contribution in [0, 0.1) is 17.2 Å². The van der Waals surface area contributed by atoms with Crippen LogP contribution in [-0.2, 0) is 4.74 Å². The molecule has 0 fully saturated rings.